The average Bonchev–Trinajstić information content (AvgIpc) is 2.87. The molecule has 4 nitrogen and oxygen atoms in total. The molecule has 0 saturated carbocycles. The van der Waals surface area contributed by atoms with Gasteiger partial charge in [-0.05, 0) is 54.4 Å². The van der Waals surface area contributed by atoms with Crippen molar-refractivity contribution in [3.63, 3.8) is 0 Å². The highest BCUT2D eigenvalue weighted by atomic mass is 79.9. The van der Waals surface area contributed by atoms with E-state index in [1.807, 2.05) is 6.92 Å². The van der Waals surface area contributed by atoms with Crippen molar-refractivity contribution in [2.45, 2.75) is 32.9 Å². The van der Waals surface area contributed by atoms with Crippen molar-refractivity contribution in [3.05, 3.63) is 22.2 Å². The number of aliphatic imine (C=N–C) groups is 1. The van der Waals surface area contributed by atoms with E-state index < -0.39 is 0 Å². The smallest absolute Gasteiger partial charge is 0.145 e. The Bertz CT molecular complexity index is 517. The minimum Gasteiger partial charge on any atom is -0.507 e. The van der Waals surface area contributed by atoms with E-state index in [0.29, 0.717) is 11.3 Å². The summed E-state index contributed by atoms with van der Waals surface area (Å²) >= 11 is 3.45. The van der Waals surface area contributed by atoms with Crippen LogP contribution in [0, 0.1) is 0 Å². The van der Waals surface area contributed by atoms with E-state index in [9.17, 15) is 5.11 Å². The van der Waals surface area contributed by atoms with Gasteiger partial charge in [-0.15, -0.1) is 0 Å². The average molecular weight is 341 g/mol. The van der Waals surface area contributed by atoms with Crippen molar-refractivity contribution >= 4 is 21.6 Å². The highest BCUT2D eigenvalue weighted by molar-refractivity contribution is 9.10. The number of benzene rings is 1. The second-order valence-electron chi connectivity index (χ2n) is 4.94. The maximum absolute atomic E-state index is 10.1. The lowest BCUT2D eigenvalue weighted by atomic mass is 10.1. The van der Waals surface area contributed by atoms with E-state index in [-0.39, 0.29) is 11.9 Å². The Morgan fingerprint density at radius 2 is 2.30 bits per heavy atom. The molecule has 1 unspecified atom stereocenters. The molecule has 0 aliphatic carbocycles. The number of phenols is 1. The summed E-state index contributed by atoms with van der Waals surface area (Å²) in [7, 11) is 1.60. The molecule has 5 heteroatoms. The first kappa shape index (κ1) is 15.3. The van der Waals surface area contributed by atoms with E-state index in [1.54, 1.807) is 19.2 Å². The van der Waals surface area contributed by atoms with Gasteiger partial charge < -0.3 is 9.84 Å². The monoisotopic (exact) mass is 340 g/mol. The van der Waals surface area contributed by atoms with Crippen LogP contribution in [-0.2, 0) is 0 Å². The zero-order valence-corrected chi connectivity index (χ0v) is 13.8. The van der Waals surface area contributed by atoms with Crippen LogP contribution in [0.3, 0.4) is 0 Å². The lowest BCUT2D eigenvalue weighted by Gasteiger charge is -2.20. The number of likely N-dealkylation sites (tertiary alicyclic amines) is 1. The Labute approximate surface area is 128 Å². The summed E-state index contributed by atoms with van der Waals surface area (Å²) in [5.41, 5.74) is 1.48. The van der Waals surface area contributed by atoms with E-state index in [0.717, 1.165) is 29.7 Å². The van der Waals surface area contributed by atoms with Crippen LogP contribution in [0.1, 0.15) is 32.3 Å². The molecule has 1 fully saturated rings. The Morgan fingerprint density at radius 1 is 1.55 bits per heavy atom. The molecule has 1 aliphatic heterocycles. The van der Waals surface area contributed by atoms with Gasteiger partial charge in [0.1, 0.15) is 17.7 Å². The van der Waals surface area contributed by atoms with Crippen LogP contribution < -0.4 is 4.74 Å². The van der Waals surface area contributed by atoms with Gasteiger partial charge >= 0.3 is 0 Å². The van der Waals surface area contributed by atoms with Crippen LogP contribution in [0.4, 0.5) is 0 Å². The number of ether oxygens (including phenoxy) is 1. The zero-order valence-electron chi connectivity index (χ0n) is 12.2. The SMILES string of the molecule is CCN1CCCC1N=C(C)c1c(O)ccc(Br)c1OC. The van der Waals surface area contributed by atoms with Crippen LogP contribution in [0.2, 0.25) is 0 Å². The summed E-state index contributed by atoms with van der Waals surface area (Å²) in [5, 5.41) is 10.1. The van der Waals surface area contributed by atoms with Gasteiger partial charge in [-0.1, -0.05) is 6.92 Å². The molecule has 1 aliphatic rings. The number of halogens is 1. The number of methoxy groups -OCH3 is 1. The Kier molecular flexibility index (Phi) is 5.05. The van der Waals surface area contributed by atoms with Crippen LogP contribution in [0.25, 0.3) is 0 Å². The van der Waals surface area contributed by atoms with E-state index in [4.69, 9.17) is 9.73 Å². The minimum atomic E-state index is 0.201. The Balaban J connectivity index is 2.38. The Hall–Kier alpha value is -1.07. The first-order valence-corrected chi connectivity index (χ1v) is 7.72. The quantitative estimate of drug-likeness (QED) is 0.854. The van der Waals surface area contributed by atoms with Gasteiger partial charge in [-0.25, -0.2) is 0 Å². The maximum atomic E-state index is 10.1. The maximum Gasteiger partial charge on any atom is 0.145 e. The molecule has 2 rings (SSSR count). The van der Waals surface area contributed by atoms with Gasteiger partial charge in [0.25, 0.3) is 0 Å². The summed E-state index contributed by atoms with van der Waals surface area (Å²) in [4.78, 5) is 7.14. The molecule has 20 heavy (non-hydrogen) atoms. The van der Waals surface area contributed by atoms with Gasteiger partial charge in [0.15, 0.2) is 0 Å². The van der Waals surface area contributed by atoms with Crippen molar-refractivity contribution in [2.75, 3.05) is 20.2 Å². The molecular formula is C15H21BrN2O2. The lowest BCUT2D eigenvalue weighted by Crippen LogP contribution is -2.28. The zero-order chi connectivity index (χ0) is 14.7. The molecule has 1 aromatic rings. The lowest BCUT2D eigenvalue weighted by molar-refractivity contribution is 0.275. The summed E-state index contributed by atoms with van der Waals surface area (Å²) in [6.07, 6.45) is 2.46. The summed E-state index contributed by atoms with van der Waals surface area (Å²) in [6, 6.07) is 3.44. The summed E-state index contributed by atoms with van der Waals surface area (Å²) in [6.45, 7) is 6.18. The van der Waals surface area contributed by atoms with Crippen LogP contribution in [-0.4, -0.2) is 42.1 Å². The topological polar surface area (TPSA) is 45.1 Å². The van der Waals surface area contributed by atoms with Gasteiger partial charge in [0.2, 0.25) is 0 Å². The molecule has 0 radical (unpaired) electrons. The van der Waals surface area contributed by atoms with Crippen molar-refractivity contribution in [1.82, 2.24) is 4.90 Å². The fourth-order valence-corrected chi connectivity index (χ4v) is 3.20. The van der Waals surface area contributed by atoms with Gasteiger partial charge in [-0.3, -0.25) is 9.89 Å². The third-order valence-corrected chi connectivity index (χ3v) is 4.36. The highest BCUT2D eigenvalue weighted by Gasteiger charge is 2.23. The fourth-order valence-electron chi connectivity index (χ4n) is 2.71. The number of aromatic hydroxyl groups is 1. The molecule has 1 atom stereocenters. The molecule has 0 amide bonds. The Morgan fingerprint density at radius 3 is 2.95 bits per heavy atom. The van der Waals surface area contributed by atoms with E-state index in [2.05, 4.69) is 27.8 Å². The number of rotatable bonds is 4. The minimum absolute atomic E-state index is 0.201. The normalized spacial score (nSPS) is 20.4. The predicted octanol–water partition coefficient (Wildman–Crippen LogP) is 3.41. The number of nitrogens with zero attached hydrogens (tertiary/aromatic N) is 2. The van der Waals surface area contributed by atoms with E-state index >= 15 is 0 Å². The molecule has 1 heterocycles. The highest BCUT2D eigenvalue weighted by Crippen LogP contribution is 2.36. The van der Waals surface area contributed by atoms with E-state index in [1.165, 1.54) is 6.42 Å². The van der Waals surface area contributed by atoms with Crippen molar-refractivity contribution < 1.29 is 9.84 Å². The molecule has 0 aromatic heterocycles. The number of hydrogen-bond acceptors (Lipinski definition) is 4. The third kappa shape index (κ3) is 2.99. The third-order valence-electron chi connectivity index (χ3n) is 3.73. The number of phenolic OH excluding ortho intramolecular Hbond substituents is 1. The summed E-state index contributed by atoms with van der Waals surface area (Å²) < 4.78 is 6.21. The second-order valence-corrected chi connectivity index (χ2v) is 5.80. The van der Waals surface area contributed by atoms with Gasteiger partial charge in [0.05, 0.1) is 17.1 Å². The van der Waals surface area contributed by atoms with Crippen LogP contribution in [0.5, 0.6) is 11.5 Å². The van der Waals surface area contributed by atoms with Crippen molar-refractivity contribution in [3.8, 4) is 11.5 Å². The predicted molar refractivity (Wildman–Crippen MR) is 84.8 cm³/mol. The molecule has 110 valence electrons. The first-order valence-electron chi connectivity index (χ1n) is 6.92. The summed E-state index contributed by atoms with van der Waals surface area (Å²) in [5.74, 6) is 0.833. The molecule has 1 N–H and O–H groups in total. The van der Waals surface area contributed by atoms with Crippen LogP contribution >= 0.6 is 15.9 Å². The van der Waals surface area contributed by atoms with Gasteiger partial charge in [0, 0.05) is 12.3 Å². The first-order chi connectivity index (χ1) is 9.58. The fraction of sp³-hybridized carbons (Fsp3) is 0.533. The largest absolute Gasteiger partial charge is 0.507 e. The van der Waals surface area contributed by atoms with Crippen molar-refractivity contribution in [1.29, 1.82) is 0 Å². The molecule has 1 saturated heterocycles. The standard InChI is InChI=1S/C15H21BrN2O2/c1-4-18-9-5-6-13(18)17-10(2)14-12(19)8-7-11(16)15(14)20-3/h7-8,13,19H,4-6,9H2,1-3H3. The van der Waals surface area contributed by atoms with Crippen LogP contribution in [0.15, 0.2) is 21.6 Å². The molecule has 1 aromatic carbocycles. The van der Waals surface area contributed by atoms with Gasteiger partial charge in [-0.2, -0.15) is 0 Å². The van der Waals surface area contributed by atoms with Crippen molar-refractivity contribution in [2.24, 2.45) is 4.99 Å². The number of hydrogen-bond donors (Lipinski definition) is 1. The molecular weight excluding hydrogens is 320 g/mol. The molecule has 0 spiro atoms. The molecule has 0 bridgehead atoms. The second kappa shape index (κ2) is 6.59.